The smallest absolute Gasteiger partial charge is 0.0665 e. The zero-order chi connectivity index (χ0) is 14.0. The Balaban J connectivity index is 2.32. The Bertz CT molecular complexity index is 403. The lowest BCUT2D eigenvalue weighted by atomic mass is 9.93. The molecule has 1 aromatic rings. The molecule has 19 heavy (non-hydrogen) atoms. The third-order valence-corrected chi connectivity index (χ3v) is 4.59. The summed E-state index contributed by atoms with van der Waals surface area (Å²) >= 11 is 0. The third kappa shape index (κ3) is 2.63. The van der Waals surface area contributed by atoms with Crippen LogP contribution < -0.4 is 10.6 Å². The molecule has 2 N–H and O–H groups in total. The molecule has 3 heteroatoms. The number of hydrogen-bond acceptors (Lipinski definition) is 3. The summed E-state index contributed by atoms with van der Waals surface area (Å²) in [6.07, 6.45) is 1.14. The highest BCUT2D eigenvalue weighted by Crippen LogP contribution is 2.34. The van der Waals surface area contributed by atoms with Crippen LogP contribution in [0.1, 0.15) is 25.8 Å². The van der Waals surface area contributed by atoms with Crippen molar-refractivity contribution in [3.05, 3.63) is 29.8 Å². The van der Waals surface area contributed by atoms with Crippen molar-refractivity contribution >= 4 is 5.69 Å². The predicted octanol–water partition coefficient (Wildman–Crippen LogP) is 2.24. The van der Waals surface area contributed by atoms with Gasteiger partial charge in [-0.25, -0.2) is 0 Å². The van der Waals surface area contributed by atoms with E-state index in [2.05, 4.69) is 61.9 Å². The van der Waals surface area contributed by atoms with Gasteiger partial charge >= 0.3 is 0 Å². The molecule has 0 saturated carbocycles. The van der Waals surface area contributed by atoms with Crippen LogP contribution in [-0.4, -0.2) is 43.2 Å². The van der Waals surface area contributed by atoms with Crippen molar-refractivity contribution in [2.24, 2.45) is 5.73 Å². The second-order valence-electron chi connectivity index (χ2n) is 5.98. The number of anilines is 1. The van der Waals surface area contributed by atoms with Gasteiger partial charge in [0, 0.05) is 31.4 Å². The van der Waals surface area contributed by atoms with E-state index in [4.69, 9.17) is 5.73 Å². The lowest BCUT2D eigenvalue weighted by Gasteiger charge is -2.42. The largest absolute Gasteiger partial charge is 0.364 e. The van der Waals surface area contributed by atoms with E-state index in [1.54, 1.807) is 0 Å². The molecule has 0 bridgehead atoms. The first-order chi connectivity index (χ1) is 9.02. The van der Waals surface area contributed by atoms with Gasteiger partial charge in [0.2, 0.25) is 0 Å². The van der Waals surface area contributed by atoms with Gasteiger partial charge in [0.25, 0.3) is 0 Å². The second-order valence-corrected chi connectivity index (χ2v) is 5.98. The van der Waals surface area contributed by atoms with E-state index in [-0.39, 0.29) is 5.54 Å². The van der Waals surface area contributed by atoms with Crippen molar-refractivity contribution in [3.8, 4) is 0 Å². The van der Waals surface area contributed by atoms with Crippen LogP contribution in [0.4, 0.5) is 5.69 Å². The summed E-state index contributed by atoms with van der Waals surface area (Å²) < 4.78 is 0. The maximum Gasteiger partial charge on any atom is 0.0665 e. The van der Waals surface area contributed by atoms with E-state index in [0.29, 0.717) is 12.6 Å². The second kappa shape index (κ2) is 5.51. The van der Waals surface area contributed by atoms with E-state index >= 15 is 0 Å². The van der Waals surface area contributed by atoms with Crippen LogP contribution in [0.25, 0.3) is 0 Å². The molecule has 1 fully saturated rings. The van der Waals surface area contributed by atoms with E-state index < -0.39 is 0 Å². The van der Waals surface area contributed by atoms with Crippen LogP contribution in [0.15, 0.2) is 24.3 Å². The number of nitrogens with zero attached hydrogens (tertiary/aromatic N) is 2. The SMILES string of the molecule is CCN(c1ccc(C)cc1)C1(CN)CC(C)N(C)C1. The molecule has 1 aliphatic rings. The molecule has 1 aromatic carbocycles. The summed E-state index contributed by atoms with van der Waals surface area (Å²) in [6, 6.07) is 9.41. The van der Waals surface area contributed by atoms with Crippen LogP contribution in [0.3, 0.4) is 0 Å². The molecule has 0 spiro atoms. The molecular formula is C16H27N3. The molecule has 1 heterocycles. The fourth-order valence-corrected chi connectivity index (χ4v) is 3.36. The maximum absolute atomic E-state index is 6.17. The first-order valence-electron chi connectivity index (χ1n) is 7.27. The molecule has 0 aliphatic carbocycles. The highest BCUT2D eigenvalue weighted by molar-refractivity contribution is 5.51. The third-order valence-electron chi connectivity index (χ3n) is 4.59. The van der Waals surface area contributed by atoms with Crippen molar-refractivity contribution in [3.63, 3.8) is 0 Å². The molecule has 0 amide bonds. The molecule has 106 valence electrons. The van der Waals surface area contributed by atoms with Gasteiger partial charge in [-0.15, -0.1) is 0 Å². The molecule has 1 aliphatic heterocycles. The summed E-state index contributed by atoms with van der Waals surface area (Å²) in [6.45, 7) is 9.40. The van der Waals surface area contributed by atoms with Crippen molar-refractivity contribution in [1.29, 1.82) is 0 Å². The summed E-state index contributed by atoms with van der Waals surface area (Å²) in [7, 11) is 2.20. The van der Waals surface area contributed by atoms with E-state index in [1.807, 2.05) is 0 Å². The van der Waals surface area contributed by atoms with Gasteiger partial charge in [-0.05, 0) is 46.4 Å². The highest BCUT2D eigenvalue weighted by atomic mass is 15.3. The Morgan fingerprint density at radius 1 is 1.37 bits per heavy atom. The van der Waals surface area contributed by atoms with E-state index in [0.717, 1.165) is 19.5 Å². The minimum Gasteiger partial charge on any atom is -0.364 e. The molecule has 0 radical (unpaired) electrons. The number of benzene rings is 1. The van der Waals surface area contributed by atoms with Gasteiger partial charge in [-0.3, -0.25) is 0 Å². The van der Waals surface area contributed by atoms with Crippen molar-refractivity contribution < 1.29 is 0 Å². The average molecular weight is 261 g/mol. The van der Waals surface area contributed by atoms with Crippen LogP contribution in [0, 0.1) is 6.92 Å². The Hall–Kier alpha value is -1.06. The molecule has 2 unspecified atom stereocenters. The quantitative estimate of drug-likeness (QED) is 0.902. The fraction of sp³-hybridized carbons (Fsp3) is 0.625. The van der Waals surface area contributed by atoms with Gasteiger partial charge in [-0.2, -0.15) is 0 Å². The molecule has 0 aromatic heterocycles. The highest BCUT2D eigenvalue weighted by Gasteiger charge is 2.43. The first-order valence-corrected chi connectivity index (χ1v) is 7.27. The van der Waals surface area contributed by atoms with Gasteiger partial charge in [-0.1, -0.05) is 17.7 Å². The lowest BCUT2D eigenvalue weighted by Crippen LogP contribution is -2.55. The Morgan fingerprint density at radius 3 is 2.42 bits per heavy atom. The zero-order valence-electron chi connectivity index (χ0n) is 12.7. The minimum atomic E-state index is 0.0815. The van der Waals surface area contributed by atoms with Gasteiger partial charge in [0.1, 0.15) is 0 Å². The summed E-state index contributed by atoms with van der Waals surface area (Å²) in [4.78, 5) is 4.91. The fourth-order valence-electron chi connectivity index (χ4n) is 3.36. The van der Waals surface area contributed by atoms with Crippen molar-refractivity contribution in [1.82, 2.24) is 4.90 Å². The minimum absolute atomic E-state index is 0.0815. The van der Waals surface area contributed by atoms with Crippen LogP contribution in [0.5, 0.6) is 0 Å². The van der Waals surface area contributed by atoms with E-state index in [1.165, 1.54) is 11.3 Å². The molecule has 2 atom stereocenters. The van der Waals surface area contributed by atoms with E-state index in [9.17, 15) is 0 Å². The standard InChI is InChI=1S/C16H27N3/c1-5-19(15-8-6-13(2)7-9-15)16(11-17)10-14(3)18(4)12-16/h6-9,14H,5,10-12,17H2,1-4H3. The van der Waals surface area contributed by atoms with Crippen molar-refractivity contribution in [2.45, 2.75) is 38.8 Å². The Kier molecular flexibility index (Phi) is 4.16. The molecular weight excluding hydrogens is 234 g/mol. The number of aryl methyl sites for hydroxylation is 1. The van der Waals surface area contributed by atoms with Crippen LogP contribution in [-0.2, 0) is 0 Å². The number of likely N-dealkylation sites (tertiary alicyclic amines) is 1. The normalized spacial score (nSPS) is 27.7. The van der Waals surface area contributed by atoms with Gasteiger partial charge < -0.3 is 15.5 Å². The van der Waals surface area contributed by atoms with Crippen LogP contribution >= 0.6 is 0 Å². The first kappa shape index (κ1) is 14.4. The predicted molar refractivity (Wildman–Crippen MR) is 82.7 cm³/mol. The van der Waals surface area contributed by atoms with Gasteiger partial charge in [0.15, 0.2) is 0 Å². The zero-order valence-corrected chi connectivity index (χ0v) is 12.7. The average Bonchev–Trinajstić information content (AvgIpc) is 2.69. The summed E-state index contributed by atoms with van der Waals surface area (Å²) in [5.41, 5.74) is 8.85. The topological polar surface area (TPSA) is 32.5 Å². The lowest BCUT2D eigenvalue weighted by molar-refractivity contribution is 0.316. The van der Waals surface area contributed by atoms with Crippen LogP contribution in [0.2, 0.25) is 0 Å². The molecule has 1 saturated heterocycles. The summed E-state index contributed by atoms with van der Waals surface area (Å²) in [5.74, 6) is 0. The Labute approximate surface area is 117 Å². The number of hydrogen-bond donors (Lipinski definition) is 1. The Morgan fingerprint density at radius 2 is 2.00 bits per heavy atom. The molecule has 3 nitrogen and oxygen atoms in total. The number of likely N-dealkylation sites (N-methyl/N-ethyl adjacent to an activating group) is 2. The number of nitrogens with two attached hydrogens (primary N) is 1. The summed E-state index contributed by atoms with van der Waals surface area (Å²) in [5, 5.41) is 0. The van der Waals surface area contributed by atoms with Gasteiger partial charge in [0.05, 0.1) is 5.54 Å². The maximum atomic E-state index is 6.17. The van der Waals surface area contributed by atoms with Crippen molar-refractivity contribution in [2.75, 3.05) is 31.6 Å². The number of rotatable bonds is 4. The monoisotopic (exact) mass is 261 g/mol. The molecule has 2 rings (SSSR count).